The zero-order valence-corrected chi connectivity index (χ0v) is 13.5. The van der Waals surface area contributed by atoms with Crippen molar-refractivity contribution in [3.05, 3.63) is 29.3 Å². The highest BCUT2D eigenvalue weighted by Crippen LogP contribution is 2.19. The first-order valence-electron chi connectivity index (χ1n) is 7.39. The van der Waals surface area contributed by atoms with Gasteiger partial charge in [0.15, 0.2) is 0 Å². The van der Waals surface area contributed by atoms with Crippen LogP contribution in [0.2, 0.25) is 0 Å². The molecule has 1 atom stereocenters. The van der Waals surface area contributed by atoms with E-state index in [1.165, 1.54) is 0 Å². The quantitative estimate of drug-likeness (QED) is 0.802. The first-order chi connectivity index (χ1) is 10.0. The molecule has 1 aliphatic rings. The number of ether oxygens (including phenoxy) is 1. The molecule has 1 fully saturated rings. The molecule has 21 heavy (non-hydrogen) atoms. The van der Waals surface area contributed by atoms with Crippen LogP contribution >= 0.6 is 0 Å². The fourth-order valence-corrected chi connectivity index (χ4v) is 3.97. The highest BCUT2D eigenvalue weighted by molar-refractivity contribution is 7.89. The Balaban J connectivity index is 2.02. The van der Waals surface area contributed by atoms with Crippen molar-refractivity contribution in [2.45, 2.75) is 43.7 Å². The molecule has 1 aromatic carbocycles. The summed E-state index contributed by atoms with van der Waals surface area (Å²) in [6, 6.07) is 5.38. The fourth-order valence-electron chi connectivity index (χ4n) is 2.64. The molecule has 6 heteroatoms. The van der Waals surface area contributed by atoms with E-state index in [4.69, 9.17) is 4.74 Å². The van der Waals surface area contributed by atoms with Gasteiger partial charge in [-0.25, -0.2) is 13.1 Å². The Morgan fingerprint density at radius 1 is 1.38 bits per heavy atom. The Labute approximate surface area is 127 Å². The summed E-state index contributed by atoms with van der Waals surface area (Å²) in [5.74, 6) is 0. The van der Waals surface area contributed by atoms with Gasteiger partial charge in [0.05, 0.1) is 11.0 Å². The van der Waals surface area contributed by atoms with Crippen LogP contribution in [0.15, 0.2) is 23.1 Å². The third-order valence-electron chi connectivity index (χ3n) is 3.84. The predicted octanol–water partition coefficient (Wildman–Crippen LogP) is 1.56. The van der Waals surface area contributed by atoms with Gasteiger partial charge in [-0.1, -0.05) is 12.1 Å². The van der Waals surface area contributed by atoms with Crippen molar-refractivity contribution < 1.29 is 13.2 Å². The van der Waals surface area contributed by atoms with Crippen molar-refractivity contribution in [3.8, 4) is 0 Å². The van der Waals surface area contributed by atoms with Gasteiger partial charge in [-0.3, -0.25) is 0 Å². The van der Waals surface area contributed by atoms with Crippen molar-refractivity contribution >= 4 is 10.0 Å². The SMILES string of the molecule is CNCc1cccc(S(=O)(=O)NCCC2CCCO2)c1C. The summed E-state index contributed by atoms with van der Waals surface area (Å²) in [6.45, 7) is 3.72. The minimum absolute atomic E-state index is 0.199. The lowest BCUT2D eigenvalue weighted by atomic mass is 10.1. The molecule has 1 saturated heterocycles. The van der Waals surface area contributed by atoms with Gasteiger partial charge in [-0.2, -0.15) is 0 Å². The van der Waals surface area contributed by atoms with Crippen molar-refractivity contribution in [1.29, 1.82) is 0 Å². The predicted molar refractivity (Wildman–Crippen MR) is 82.7 cm³/mol. The average molecular weight is 312 g/mol. The number of benzene rings is 1. The van der Waals surface area contributed by atoms with Gasteiger partial charge in [-0.05, 0) is 50.4 Å². The maximum atomic E-state index is 12.4. The number of nitrogens with one attached hydrogen (secondary N) is 2. The Morgan fingerprint density at radius 2 is 2.19 bits per heavy atom. The molecule has 0 aromatic heterocycles. The second kappa shape index (κ2) is 7.35. The summed E-state index contributed by atoms with van der Waals surface area (Å²) in [6.07, 6.45) is 3.03. The van der Waals surface area contributed by atoms with E-state index in [9.17, 15) is 8.42 Å². The van der Waals surface area contributed by atoms with Crippen LogP contribution in [0.1, 0.15) is 30.4 Å². The van der Waals surface area contributed by atoms with E-state index < -0.39 is 10.0 Å². The summed E-state index contributed by atoms with van der Waals surface area (Å²) in [5, 5.41) is 3.05. The summed E-state index contributed by atoms with van der Waals surface area (Å²) in [4.78, 5) is 0.364. The number of sulfonamides is 1. The van der Waals surface area contributed by atoms with Crippen molar-refractivity contribution in [2.75, 3.05) is 20.2 Å². The highest BCUT2D eigenvalue weighted by Gasteiger charge is 2.20. The van der Waals surface area contributed by atoms with Crippen LogP contribution in [-0.4, -0.2) is 34.7 Å². The largest absolute Gasteiger partial charge is 0.378 e. The molecule has 0 saturated carbocycles. The molecular formula is C15H24N2O3S. The smallest absolute Gasteiger partial charge is 0.240 e. The molecule has 2 N–H and O–H groups in total. The summed E-state index contributed by atoms with van der Waals surface area (Å²) >= 11 is 0. The van der Waals surface area contributed by atoms with E-state index >= 15 is 0 Å². The van der Waals surface area contributed by atoms with Crippen LogP contribution in [0, 0.1) is 6.92 Å². The third-order valence-corrected chi connectivity index (χ3v) is 5.44. The Bertz CT molecular complexity index is 566. The molecule has 0 radical (unpaired) electrons. The van der Waals surface area contributed by atoms with E-state index in [-0.39, 0.29) is 6.10 Å². The molecule has 1 heterocycles. The molecule has 118 valence electrons. The number of rotatable bonds is 7. The monoisotopic (exact) mass is 312 g/mol. The molecule has 0 bridgehead atoms. The van der Waals surface area contributed by atoms with E-state index in [1.54, 1.807) is 12.1 Å². The molecule has 1 aliphatic heterocycles. The van der Waals surface area contributed by atoms with E-state index in [0.717, 1.165) is 37.0 Å². The van der Waals surface area contributed by atoms with E-state index in [1.807, 2.05) is 20.0 Å². The first-order valence-corrected chi connectivity index (χ1v) is 8.87. The zero-order valence-electron chi connectivity index (χ0n) is 12.7. The minimum Gasteiger partial charge on any atom is -0.378 e. The lowest BCUT2D eigenvalue weighted by Crippen LogP contribution is -2.28. The third kappa shape index (κ3) is 4.26. The van der Waals surface area contributed by atoms with Crippen LogP contribution in [0.3, 0.4) is 0 Å². The van der Waals surface area contributed by atoms with Crippen LogP contribution in [-0.2, 0) is 21.3 Å². The van der Waals surface area contributed by atoms with Gasteiger partial charge >= 0.3 is 0 Å². The van der Waals surface area contributed by atoms with Crippen molar-refractivity contribution in [3.63, 3.8) is 0 Å². The topological polar surface area (TPSA) is 67.4 Å². The van der Waals surface area contributed by atoms with Crippen LogP contribution in [0.25, 0.3) is 0 Å². The lowest BCUT2D eigenvalue weighted by Gasteiger charge is -2.14. The summed E-state index contributed by atoms with van der Waals surface area (Å²) in [5.41, 5.74) is 1.80. The second-order valence-electron chi connectivity index (χ2n) is 5.39. The first kappa shape index (κ1) is 16.4. The van der Waals surface area contributed by atoms with Crippen LogP contribution in [0.4, 0.5) is 0 Å². The molecular weight excluding hydrogens is 288 g/mol. The summed E-state index contributed by atoms with van der Waals surface area (Å²) in [7, 11) is -1.61. The second-order valence-corrected chi connectivity index (χ2v) is 7.13. The zero-order chi connectivity index (χ0) is 15.3. The van der Waals surface area contributed by atoms with Gasteiger partial charge in [0.25, 0.3) is 0 Å². The van der Waals surface area contributed by atoms with Crippen LogP contribution < -0.4 is 10.0 Å². The Hall–Kier alpha value is -0.950. The van der Waals surface area contributed by atoms with Gasteiger partial charge < -0.3 is 10.1 Å². The van der Waals surface area contributed by atoms with E-state index in [0.29, 0.717) is 18.0 Å². The molecule has 0 aliphatic carbocycles. The molecule has 0 amide bonds. The van der Waals surface area contributed by atoms with E-state index in [2.05, 4.69) is 10.0 Å². The van der Waals surface area contributed by atoms with Crippen LogP contribution in [0.5, 0.6) is 0 Å². The van der Waals surface area contributed by atoms with Crippen molar-refractivity contribution in [1.82, 2.24) is 10.0 Å². The normalized spacial score (nSPS) is 19.0. The van der Waals surface area contributed by atoms with Gasteiger partial charge in [-0.15, -0.1) is 0 Å². The Morgan fingerprint density at radius 3 is 2.86 bits per heavy atom. The Kier molecular flexibility index (Phi) is 5.75. The molecule has 0 spiro atoms. The number of hydrogen-bond acceptors (Lipinski definition) is 4. The molecule has 1 aromatic rings. The minimum atomic E-state index is -3.46. The van der Waals surface area contributed by atoms with Gasteiger partial charge in [0.1, 0.15) is 0 Å². The molecule has 1 unspecified atom stereocenters. The van der Waals surface area contributed by atoms with Gasteiger partial charge in [0, 0.05) is 19.7 Å². The average Bonchev–Trinajstić information content (AvgIpc) is 2.94. The van der Waals surface area contributed by atoms with Gasteiger partial charge in [0.2, 0.25) is 10.0 Å². The van der Waals surface area contributed by atoms with Crippen molar-refractivity contribution in [2.24, 2.45) is 0 Å². The fraction of sp³-hybridized carbons (Fsp3) is 0.600. The summed E-state index contributed by atoms with van der Waals surface area (Å²) < 4.78 is 33.0. The maximum absolute atomic E-state index is 12.4. The number of hydrogen-bond donors (Lipinski definition) is 2. The maximum Gasteiger partial charge on any atom is 0.240 e. The lowest BCUT2D eigenvalue weighted by molar-refractivity contribution is 0.105. The molecule has 5 nitrogen and oxygen atoms in total. The molecule has 2 rings (SSSR count). The standard InChI is InChI=1S/C15H24N2O3S/c1-12-13(11-16-2)5-3-7-15(12)21(18,19)17-9-8-14-6-4-10-20-14/h3,5,7,14,16-17H,4,6,8-11H2,1-2H3. The highest BCUT2D eigenvalue weighted by atomic mass is 32.2.